The van der Waals surface area contributed by atoms with E-state index >= 15 is 0 Å². The van der Waals surface area contributed by atoms with Crippen LogP contribution in [-0.2, 0) is 17.8 Å². The van der Waals surface area contributed by atoms with Gasteiger partial charge in [0.1, 0.15) is 11.3 Å². The topological polar surface area (TPSA) is 84.8 Å². The van der Waals surface area contributed by atoms with E-state index in [1.165, 1.54) is 13.4 Å². The standard InChI is InChI=1S/C20H21ClN4O4/c1-27-20(26)16-6-11-28-17(16)12-24-7-9-25(10-8-24)13-18-22-19(23-29-18)14-2-4-15(21)5-3-14/h2-6,11H,7-10,12-13H2,1H3. The van der Waals surface area contributed by atoms with Crippen molar-refractivity contribution in [2.45, 2.75) is 13.1 Å². The number of nitrogens with zero attached hydrogens (tertiary/aromatic N) is 4. The van der Waals surface area contributed by atoms with Crippen LogP contribution in [-0.4, -0.2) is 59.2 Å². The molecule has 152 valence electrons. The molecule has 0 aliphatic carbocycles. The van der Waals surface area contributed by atoms with Gasteiger partial charge in [0.25, 0.3) is 0 Å². The summed E-state index contributed by atoms with van der Waals surface area (Å²) in [5.41, 5.74) is 1.35. The number of carbonyl (C=O) groups excluding carboxylic acids is 1. The van der Waals surface area contributed by atoms with Gasteiger partial charge in [0.05, 0.1) is 26.5 Å². The third-order valence-corrected chi connectivity index (χ3v) is 5.16. The van der Waals surface area contributed by atoms with Gasteiger partial charge in [-0.15, -0.1) is 0 Å². The molecule has 1 aliphatic heterocycles. The van der Waals surface area contributed by atoms with Crippen molar-refractivity contribution >= 4 is 17.6 Å². The molecular weight excluding hydrogens is 396 g/mol. The van der Waals surface area contributed by atoms with Crippen molar-refractivity contribution in [3.8, 4) is 11.4 Å². The average molecular weight is 417 g/mol. The van der Waals surface area contributed by atoms with Crippen molar-refractivity contribution in [3.63, 3.8) is 0 Å². The van der Waals surface area contributed by atoms with E-state index in [0.29, 0.717) is 41.2 Å². The van der Waals surface area contributed by atoms with Crippen LogP contribution in [0.2, 0.25) is 5.02 Å². The van der Waals surface area contributed by atoms with Crippen molar-refractivity contribution in [2.75, 3.05) is 33.3 Å². The van der Waals surface area contributed by atoms with Gasteiger partial charge in [-0.25, -0.2) is 4.79 Å². The molecule has 0 bridgehead atoms. The molecule has 9 heteroatoms. The maximum absolute atomic E-state index is 11.8. The van der Waals surface area contributed by atoms with Crippen LogP contribution >= 0.6 is 11.6 Å². The number of benzene rings is 1. The molecule has 0 N–H and O–H groups in total. The molecule has 0 spiro atoms. The minimum Gasteiger partial charge on any atom is -0.467 e. The summed E-state index contributed by atoms with van der Waals surface area (Å²) in [7, 11) is 1.37. The average Bonchev–Trinajstić information content (AvgIpc) is 3.39. The number of halogens is 1. The number of hydrogen-bond acceptors (Lipinski definition) is 8. The van der Waals surface area contributed by atoms with Crippen molar-refractivity contribution in [2.24, 2.45) is 0 Å². The number of esters is 1. The Morgan fingerprint density at radius 1 is 1.10 bits per heavy atom. The zero-order valence-corrected chi connectivity index (χ0v) is 16.8. The first-order valence-corrected chi connectivity index (χ1v) is 9.68. The molecule has 8 nitrogen and oxygen atoms in total. The number of aromatic nitrogens is 2. The minimum absolute atomic E-state index is 0.375. The lowest BCUT2D eigenvalue weighted by atomic mass is 10.2. The van der Waals surface area contributed by atoms with Crippen molar-refractivity contribution in [3.05, 3.63) is 58.8 Å². The van der Waals surface area contributed by atoms with Crippen LogP contribution in [0, 0.1) is 0 Å². The van der Waals surface area contributed by atoms with E-state index in [9.17, 15) is 4.79 Å². The van der Waals surface area contributed by atoms with Crippen LogP contribution in [0.4, 0.5) is 0 Å². The van der Waals surface area contributed by atoms with E-state index in [2.05, 4.69) is 19.9 Å². The Labute approximate surface area is 173 Å². The number of methoxy groups -OCH3 is 1. The largest absolute Gasteiger partial charge is 0.467 e. The summed E-state index contributed by atoms with van der Waals surface area (Å²) < 4.78 is 15.7. The van der Waals surface area contributed by atoms with Crippen LogP contribution in [0.25, 0.3) is 11.4 Å². The molecule has 0 saturated carbocycles. The van der Waals surface area contributed by atoms with E-state index < -0.39 is 0 Å². The van der Waals surface area contributed by atoms with Crippen LogP contribution in [0.5, 0.6) is 0 Å². The fourth-order valence-electron chi connectivity index (χ4n) is 3.29. The molecule has 3 heterocycles. The third kappa shape index (κ3) is 4.67. The van der Waals surface area contributed by atoms with Gasteiger partial charge in [-0.3, -0.25) is 9.80 Å². The Kier molecular flexibility index (Phi) is 5.94. The summed E-state index contributed by atoms with van der Waals surface area (Å²) in [4.78, 5) is 20.8. The molecule has 0 radical (unpaired) electrons. The highest BCUT2D eigenvalue weighted by Gasteiger charge is 2.23. The lowest BCUT2D eigenvalue weighted by Crippen LogP contribution is -2.45. The molecule has 1 aliphatic rings. The van der Waals surface area contributed by atoms with E-state index in [1.807, 2.05) is 12.1 Å². The summed E-state index contributed by atoms with van der Waals surface area (Å²) >= 11 is 5.92. The van der Waals surface area contributed by atoms with E-state index in [-0.39, 0.29) is 5.97 Å². The summed E-state index contributed by atoms with van der Waals surface area (Å²) in [5.74, 6) is 1.40. The highest BCUT2D eigenvalue weighted by Crippen LogP contribution is 2.20. The SMILES string of the molecule is COC(=O)c1ccoc1CN1CCN(Cc2nc(-c3ccc(Cl)cc3)no2)CC1. The monoisotopic (exact) mass is 416 g/mol. The number of rotatable bonds is 6. The van der Waals surface area contributed by atoms with Gasteiger partial charge >= 0.3 is 5.97 Å². The van der Waals surface area contributed by atoms with Gasteiger partial charge in [0, 0.05) is 36.8 Å². The van der Waals surface area contributed by atoms with Crippen LogP contribution in [0.1, 0.15) is 22.0 Å². The molecule has 1 aromatic carbocycles. The second-order valence-electron chi connectivity index (χ2n) is 6.82. The Balaban J connectivity index is 1.30. The molecule has 1 saturated heterocycles. The fraction of sp³-hybridized carbons (Fsp3) is 0.350. The van der Waals surface area contributed by atoms with Crippen LogP contribution in [0.3, 0.4) is 0 Å². The van der Waals surface area contributed by atoms with Crippen LogP contribution < -0.4 is 0 Å². The van der Waals surface area contributed by atoms with Gasteiger partial charge in [-0.1, -0.05) is 16.8 Å². The molecule has 2 aromatic heterocycles. The van der Waals surface area contributed by atoms with Gasteiger partial charge in [-0.2, -0.15) is 4.98 Å². The molecule has 29 heavy (non-hydrogen) atoms. The van der Waals surface area contributed by atoms with Gasteiger partial charge in [0.2, 0.25) is 11.7 Å². The number of ether oxygens (including phenoxy) is 1. The zero-order chi connectivity index (χ0) is 20.2. The molecular formula is C20H21ClN4O4. The number of carbonyl (C=O) groups is 1. The Morgan fingerprint density at radius 2 is 1.79 bits per heavy atom. The quantitative estimate of drug-likeness (QED) is 0.567. The first kappa shape index (κ1) is 19.6. The van der Waals surface area contributed by atoms with Crippen molar-refractivity contribution in [1.29, 1.82) is 0 Å². The normalized spacial score (nSPS) is 15.5. The van der Waals surface area contributed by atoms with Gasteiger partial charge in [0.15, 0.2) is 0 Å². The highest BCUT2D eigenvalue weighted by molar-refractivity contribution is 6.30. The summed E-state index contributed by atoms with van der Waals surface area (Å²) in [5, 5.41) is 4.73. The first-order chi connectivity index (χ1) is 14.1. The maximum atomic E-state index is 11.8. The van der Waals surface area contributed by atoms with E-state index in [4.69, 9.17) is 25.3 Å². The zero-order valence-electron chi connectivity index (χ0n) is 16.0. The maximum Gasteiger partial charge on any atom is 0.341 e. The minimum atomic E-state index is -0.375. The molecule has 0 atom stereocenters. The van der Waals surface area contributed by atoms with Gasteiger partial charge in [-0.05, 0) is 30.3 Å². The smallest absolute Gasteiger partial charge is 0.341 e. The molecule has 3 aromatic rings. The predicted molar refractivity (Wildman–Crippen MR) is 105 cm³/mol. The number of furan rings is 1. The van der Waals surface area contributed by atoms with Crippen molar-refractivity contribution < 1.29 is 18.5 Å². The van der Waals surface area contributed by atoms with Crippen molar-refractivity contribution in [1.82, 2.24) is 19.9 Å². The summed E-state index contributed by atoms with van der Waals surface area (Å²) in [6.45, 7) is 4.58. The molecule has 0 amide bonds. The number of hydrogen-bond donors (Lipinski definition) is 0. The fourth-order valence-corrected chi connectivity index (χ4v) is 3.42. The second-order valence-corrected chi connectivity index (χ2v) is 7.26. The predicted octanol–water partition coefficient (Wildman–Crippen LogP) is 3.09. The Bertz CT molecular complexity index is 961. The van der Waals surface area contributed by atoms with Crippen LogP contribution in [0.15, 0.2) is 45.5 Å². The van der Waals surface area contributed by atoms with Gasteiger partial charge < -0.3 is 13.7 Å². The number of piperazine rings is 1. The molecule has 1 fully saturated rings. The Morgan fingerprint density at radius 3 is 2.48 bits per heavy atom. The van der Waals surface area contributed by atoms with E-state index in [1.54, 1.807) is 18.2 Å². The summed E-state index contributed by atoms with van der Waals surface area (Å²) in [6, 6.07) is 8.98. The summed E-state index contributed by atoms with van der Waals surface area (Å²) in [6.07, 6.45) is 1.52. The second kappa shape index (κ2) is 8.77. The molecule has 4 rings (SSSR count). The highest BCUT2D eigenvalue weighted by atomic mass is 35.5. The van der Waals surface area contributed by atoms with E-state index in [0.717, 1.165) is 31.7 Å². The lowest BCUT2D eigenvalue weighted by Gasteiger charge is -2.33. The molecule has 0 unspecified atom stereocenters. The first-order valence-electron chi connectivity index (χ1n) is 9.30. The lowest BCUT2D eigenvalue weighted by molar-refractivity contribution is 0.0593. The third-order valence-electron chi connectivity index (χ3n) is 4.91. The Hall–Kier alpha value is -2.68.